The van der Waals surface area contributed by atoms with Crippen LogP contribution in [0.1, 0.15) is 5.56 Å². The van der Waals surface area contributed by atoms with Crippen LogP contribution in [-0.2, 0) is 21.7 Å². The summed E-state index contributed by atoms with van der Waals surface area (Å²) >= 11 is 0. The van der Waals surface area contributed by atoms with Gasteiger partial charge in [0, 0.05) is 21.7 Å². The smallest absolute Gasteiger partial charge is 0 e. The largest absolute Gasteiger partial charge is 0.145 e. The molecule has 0 fully saturated rings. The molecule has 0 spiro atoms. The van der Waals surface area contributed by atoms with E-state index in [2.05, 4.69) is 67.6 Å². The van der Waals surface area contributed by atoms with Gasteiger partial charge >= 0.3 is 0 Å². The molecule has 0 nitrogen and oxygen atoms in total. The molecule has 17 heavy (non-hydrogen) atoms. The second-order valence-corrected chi connectivity index (χ2v) is 4.24. The second kappa shape index (κ2) is 4.95. The van der Waals surface area contributed by atoms with E-state index in [1.165, 1.54) is 27.5 Å². The summed E-state index contributed by atoms with van der Waals surface area (Å²) in [4.78, 5) is 0. The van der Waals surface area contributed by atoms with E-state index in [0.717, 1.165) is 0 Å². The van der Waals surface area contributed by atoms with Crippen LogP contribution in [0.15, 0.2) is 60.7 Å². The molecule has 3 aromatic rings. The van der Waals surface area contributed by atoms with Crippen molar-refractivity contribution in [2.45, 2.75) is 6.92 Å². The van der Waals surface area contributed by atoms with Crippen molar-refractivity contribution in [1.29, 1.82) is 0 Å². The van der Waals surface area contributed by atoms with Crippen molar-refractivity contribution in [3.63, 3.8) is 0 Å². The molecule has 0 heterocycles. The molecule has 0 aliphatic heterocycles. The van der Waals surface area contributed by atoms with Gasteiger partial charge in [-0.1, -0.05) is 53.6 Å². The van der Waals surface area contributed by atoms with Crippen LogP contribution >= 0.6 is 0 Å². The summed E-state index contributed by atoms with van der Waals surface area (Å²) in [7, 11) is 0. The minimum atomic E-state index is 0. The van der Waals surface area contributed by atoms with Crippen LogP contribution in [-0.4, -0.2) is 0 Å². The topological polar surface area (TPSA) is 0 Å². The van der Waals surface area contributed by atoms with Gasteiger partial charge in [0.1, 0.15) is 0 Å². The first-order valence-corrected chi connectivity index (χ1v) is 5.55. The fourth-order valence-corrected chi connectivity index (χ4v) is 2.06. The third-order valence-corrected chi connectivity index (χ3v) is 3.00. The molecular formula is C16H13Ti-. The van der Waals surface area contributed by atoms with Crippen molar-refractivity contribution < 1.29 is 21.7 Å². The van der Waals surface area contributed by atoms with E-state index in [1.807, 2.05) is 0 Å². The van der Waals surface area contributed by atoms with Crippen molar-refractivity contribution in [1.82, 2.24) is 0 Å². The van der Waals surface area contributed by atoms with E-state index in [0.29, 0.717) is 0 Å². The first-order chi connectivity index (χ1) is 7.83. The summed E-state index contributed by atoms with van der Waals surface area (Å²) in [6.07, 6.45) is 0. The Balaban J connectivity index is 0.00000108. The van der Waals surface area contributed by atoms with Crippen LogP contribution in [0.3, 0.4) is 0 Å². The summed E-state index contributed by atoms with van der Waals surface area (Å²) in [6, 6.07) is 21.7. The zero-order valence-corrected chi connectivity index (χ0v) is 11.3. The van der Waals surface area contributed by atoms with E-state index in [4.69, 9.17) is 0 Å². The van der Waals surface area contributed by atoms with Gasteiger partial charge < -0.3 is 0 Å². The maximum atomic E-state index is 2.25. The summed E-state index contributed by atoms with van der Waals surface area (Å²) in [6.45, 7) is 2.12. The van der Waals surface area contributed by atoms with Crippen LogP contribution in [0.4, 0.5) is 0 Å². The maximum Gasteiger partial charge on any atom is 0 e. The van der Waals surface area contributed by atoms with Crippen molar-refractivity contribution in [3.8, 4) is 11.1 Å². The Morgan fingerprint density at radius 1 is 0.882 bits per heavy atom. The summed E-state index contributed by atoms with van der Waals surface area (Å²) < 4.78 is 0. The van der Waals surface area contributed by atoms with Gasteiger partial charge in [-0.3, -0.25) is 0 Å². The van der Waals surface area contributed by atoms with Gasteiger partial charge in [0.2, 0.25) is 0 Å². The maximum absolute atomic E-state index is 2.25. The van der Waals surface area contributed by atoms with Gasteiger partial charge in [-0.15, -0.1) is 34.5 Å². The van der Waals surface area contributed by atoms with E-state index >= 15 is 0 Å². The fourth-order valence-electron chi connectivity index (χ4n) is 2.06. The van der Waals surface area contributed by atoms with Crippen LogP contribution in [0.2, 0.25) is 0 Å². The molecule has 3 rings (SSSR count). The summed E-state index contributed by atoms with van der Waals surface area (Å²) in [5, 5.41) is 2.64. The minimum Gasteiger partial charge on any atom is -0.145 e. The molecule has 1 heteroatoms. The van der Waals surface area contributed by atoms with Gasteiger partial charge in [-0.05, 0) is 6.92 Å². The number of rotatable bonds is 1. The number of hydrogen-bond acceptors (Lipinski definition) is 0. The molecule has 0 aliphatic rings. The standard InChI is InChI=1S/C16H13.Ti/c1-12-6-8-13(9-7-12)16-10-14-4-2-3-5-15(14)11-16;/h2-11H,1H3;/q-1;. The predicted molar refractivity (Wildman–Crippen MR) is 69.7 cm³/mol. The van der Waals surface area contributed by atoms with Crippen LogP contribution in [0.25, 0.3) is 21.9 Å². The molecule has 0 aromatic heterocycles. The average Bonchev–Trinajstić information content (AvgIpc) is 2.73. The third kappa shape index (κ3) is 2.38. The van der Waals surface area contributed by atoms with Crippen molar-refractivity contribution in [3.05, 3.63) is 66.2 Å². The molecule has 0 unspecified atom stereocenters. The molecule has 0 aliphatic carbocycles. The van der Waals surface area contributed by atoms with Crippen molar-refractivity contribution in [2.24, 2.45) is 0 Å². The third-order valence-electron chi connectivity index (χ3n) is 3.00. The molecule has 0 radical (unpaired) electrons. The Kier molecular flexibility index (Phi) is 3.56. The minimum absolute atomic E-state index is 0. The first-order valence-electron chi connectivity index (χ1n) is 5.55. The van der Waals surface area contributed by atoms with Gasteiger partial charge in [-0.2, -0.15) is 0 Å². The molecular weight excluding hydrogens is 240 g/mol. The summed E-state index contributed by atoms with van der Waals surface area (Å²) in [5.41, 5.74) is 3.91. The Hall–Kier alpha value is -1.24. The average molecular weight is 253 g/mol. The Bertz CT molecular complexity index is 584. The molecule has 0 saturated carbocycles. The fraction of sp³-hybridized carbons (Fsp3) is 0.0625. The van der Waals surface area contributed by atoms with E-state index in [1.54, 1.807) is 0 Å². The quantitative estimate of drug-likeness (QED) is 0.441. The molecule has 0 N–H and O–H groups in total. The van der Waals surface area contributed by atoms with Crippen molar-refractivity contribution >= 4 is 10.8 Å². The van der Waals surface area contributed by atoms with E-state index < -0.39 is 0 Å². The molecule has 0 atom stereocenters. The molecule has 82 valence electrons. The number of aryl methyl sites for hydroxylation is 1. The van der Waals surface area contributed by atoms with Gasteiger partial charge in [0.05, 0.1) is 0 Å². The Labute approximate surface area is 117 Å². The van der Waals surface area contributed by atoms with Gasteiger partial charge in [0.15, 0.2) is 0 Å². The predicted octanol–water partition coefficient (Wildman–Crippen LogP) is 4.53. The Morgan fingerprint density at radius 2 is 1.59 bits per heavy atom. The second-order valence-electron chi connectivity index (χ2n) is 4.24. The Morgan fingerprint density at radius 3 is 2.29 bits per heavy atom. The van der Waals surface area contributed by atoms with Gasteiger partial charge in [0.25, 0.3) is 0 Å². The molecule has 3 aromatic carbocycles. The van der Waals surface area contributed by atoms with Crippen LogP contribution in [0.5, 0.6) is 0 Å². The molecule has 0 bridgehead atoms. The van der Waals surface area contributed by atoms with Gasteiger partial charge in [-0.25, -0.2) is 0 Å². The number of fused-ring (bicyclic) bond motifs is 1. The zero-order chi connectivity index (χ0) is 11.0. The van der Waals surface area contributed by atoms with Crippen LogP contribution in [0, 0.1) is 6.92 Å². The van der Waals surface area contributed by atoms with E-state index in [9.17, 15) is 0 Å². The van der Waals surface area contributed by atoms with E-state index in [-0.39, 0.29) is 21.7 Å². The monoisotopic (exact) mass is 253 g/mol. The summed E-state index contributed by atoms with van der Waals surface area (Å²) in [5.74, 6) is 0. The molecule has 0 amide bonds. The number of hydrogen-bond donors (Lipinski definition) is 0. The van der Waals surface area contributed by atoms with Crippen molar-refractivity contribution in [2.75, 3.05) is 0 Å². The first kappa shape index (κ1) is 12.2. The SMILES string of the molecule is Cc1ccc(-c2cc3ccccc3[cH-]2)cc1.[Ti]. The number of benzene rings is 2. The normalized spacial score (nSPS) is 10.2. The zero-order valence-electron chi connectivity index (χ0n) is 9.77. The molecule has 0 saturated heterocycles. The van der Waals surface area contributed by atoms with Crippen LogP contribution < -0.4 is 0 Å².